The van der Waals surface area contributed by atoms with E-state index in [1.165, 1.54) is 18.2 Å². The number of amides is 3. The number of nitrogens with one attached hydrogen (secondary N) is 2. The van der Waals surface area contributed by atoms with Gasteiger partial charge in [-0.05, 0) is 84.9 Å². The van der Waals surface area contributed by atoms with Gasteiger partial charge in [-0.15, -0.1) is 4.36 Å². The standard InChI is InChI=1S/C38H49ClF2N4O6S.C2H6/c1-22-18-45-20-38(14-6-7-25-15-27(39)9-10-29(25)38)21-51-34-11-8-26(16-31(34)45)36(46)43-52(48,44-37(47)42-30-17-28(30)35(40)41)19-23(2)32(49-4)12-13-33(50-5)24(22)3;1-2/h8-13,15-16,22-24,28,30,32-33,35H,6-7,14,17-21H2,1-5H3,(H2,42,43,44,46,47,48);1-2H3/b13-12+;/t22-,23+,24+,28?,30-,32-,33-,38-,52?;/m0./s1. The number of ether oxygens (including phenoxy) is 3. The van der Waals surface area contributed by atoms with Crippen molar-refractivity contribution in [2.24, 2.45) is 28.0 Å². The van der Waals surface area contributed by atoms with Gasteiger partial charge in [-0.25, -0.2) is 17.8 Å². The van der Waals surface area contributed by atoms with Gasteiger partial charge in [0.25, 0.3) is 5.91 Å². The lowest BCUT2D eigenvalue weighted by atomic mass is 9.70. The van der Waals surface area contributed by atoms with Crippen LogP contribution in [-0.2, 0) is 31.2 Å². The van der Waals surface area contributed by atoms with E-state index in [0.29, 0.717) is 36.2 Å². The molecule has 0 radical (unpaired) electrons. The number of alkyl halides is 2. The molecule has 2 unspecified atom stereocenters. The molecule has 2 bridgehead atoms. The van der Waals surface area contributed by atoms with Crippen LogP contribution < -0.4 is 19.7 Å². The molecule has 298 valence electrons. The van der Waals surface area contributed by atoms with Crippen LogP contribution in [0.2, 0.25) is 5.02 Å². The SMILES string of the molecule is CC.CO[C@H]1/C=C/[C@H](OC)[C@H](C)CS(=O)(NC(=O)N[C@H]2CC2C(F)F)=NC(=O)c2ccc3c(c2)N(C[C@H](C)[C@H]1C)C[C@@]1(CCCc2cc(Cl)ccc21)CO3. The summed E-state index contributed by atoms with van der Waals surface area (Å²) in [7, 11) is -0.585. The third kappa shape index (κ3) is 9.39. The minimum absolute atomic E-state index is 0.0527. The first-order valence-electron chi connectivity index (χ1n) is 18.9. The second-order valence-corrected chi connectivity index (χ2v) is 17.4. The lowest BCUT2D eigenvalue weighted by Gasteiger charge is -2.42. The van der Waals surface area contributed by atoms with Crippen molar-refractivity contribution in [2.75, 3.05) is 44.6 Å². The molecule has 54 heavy (non-hydrogen) atoms. The quantitative estimate of drug-likeness (QED) is 0.297. The number of anilines is 1. The number of halogens is 3. The van der Waals surface area contributed by atoms with E-state index in [-0.39, 0.29) is 41.1 Å². The number of fused-ring (bicyclic) bond motifs is 3. The number of urea groups is 1. The third-order valence-corrected chi connectivity index (χ3v) is 13.4. The molecule has 10 nitrogen and oxygen atoms in total. The van der Waals surface area contributed by atoms with Crippen molar-refractivity contribution in [3.63, 3.8) is 0 Å². The molecular formula is C40H55ClF2N4O6S. The Morgan fingerprint density at radius 3 is 2.48 bits per heavy atom. The molecule has 2 aromatic carbocycles. The van der Waals surface area contributed by atoms with Gasteiger partial charge in [0, 0.05) is 55.3 Å². The molecule has 2 heterocycles. The topological polar surface area (TPSA) is 119 Å². The highest BCUT2D eigenvalue weighted by Crippen LogP contribution is 2.45. The number of carbonyl (C=O) groups is 2. The van der Waals surface area contributed by atoms with Gasteiger partial charge in [-0.2, -0.15) is 0 Å². The van der Waals surface area contributed by atoms with Gasteiger partial charge in [0.05, 0.1) is 30.3 Å². The maximum atomic E-state index is 14.5. The van der Waals surface area contributed by atoms with Crippen LogP contribution in [0.25, 0.3) is 0 Å². The van der Waals surface area contributed by atoms with E-state index in [0.717, 1.165) is 19.3 Å². The van der Waals surface area contributed by atoms with Gasteiger partial charge in [-0.3, -0.25) is 9.52 Å². The van der Waals surface area contributed by atoms with Crippen LogP contribution in [0, 0.1) is 23.7 Å². The first kappa shape index (κ1) is 41.9. The average Bonchev–Trinajstić information content (AvgIpc) is 3.93. The zero-order chi connectivity index (χ0) is 39.4. The Labute approximate surface area is 324 Å². The highest BCUT2D eigenvalue weighted by atomic mass is 35.5. The number of nitrogens with zero attached hydrogens (tertiary/aromatic N) is 2. The Balaban J connectivity index is 0.00000276. The van der Waals surface area contributed by atoms with Crippen molar-refractivity contribution in [3.8, 4) is 5.75 Å². The number of aryl methyl sites for hydroxylation is 1. The third-order valence-electron chi connectivity index (χ3n) is 11.3. The average molecular weight is 793 g/mol. The molecule has 2 aliphatic heterocycles. The van der Waals surface area contributed by atoms with E-state index in [1.807, 2.05) is 38.1 Å². The number of benzene rings is 2. The van der Waals surface area contributed by atoms with Crippen molar-refractivity contribution < 1.29 is 36.8 Å². The molecule has 1 saturated carbocycles. The normalized spacial score (nSPS) is 32.9. The van der Waals surface area contributed by atoms with Crippen LogP contribution in [0.3, 0.4) is 0 Å². The molecule has 2 aliphatic carbocycles. The van der Waals surface area contributed by atoms with Crippen LogP contribution in [0.15, 0.2) is 52.9 Å². The lowest BCUT2D eigenvalue weighted by Crippen LogP contribution is -2.47. The van der Waals surface area contributed by atoms with Gasteiger partial charge in [-0.1, -0.05) is 64.4 Å². The highest BCUT2D eigenvalue weighted by Gasteiger charge is 2.46. The zero-order valence-corrected chi connectivity index (χ0v) is 33.9. The monoisotopic (exact) mass is 792 g/mol. The maximum Gasteiger partial charge on any atom is 0.327 e. The molecule has 3 amide bonds. The molecule has 14 heteroatoms. The van der Waals surface area contributed by atoms with Gasteiger partial charge in [0.2, 0.25) is 6.43 Å². The molecule has 2 aromatic rings. The fourth-order valence-corrected chi connectivity index (χ4v) is 10.0. The summed E-state index contributed by atoms with van der Waals surface area (Å²) in [5.41, 5.74) is 2.97. The van der Waals surface area contributed by atoms with Gasteiger partial charge in [0.15, 0.2) is 0 Å². The minimum Gasteiger partial charge on any atom is -0.490 e. The Hall–Kier alpha value is -3.26. The van der Waals surface area contributed by atoms with E-state index >= 15 is 0 Å². The van der Waals surface area contributed by atoms with Crippen molar-refractivity contribution in [1.82, 2.24) is 10.0 Å². The molecule has 2 N–H and O–H groups in total. The summed E-state index contributed by atoms with van der Waals surface area (Å²) < 4.78 is 65.7. The second-order valence-electron chi connectivity index (χ2n) is 15.0. The Bertz CT molecular complexity index is 1820. The number of hydrogen-bond donors (Lipinski definition) is 2. The molecule has 0 saturated heterocycles. The maximum absolute atomic E-state index is 14.5. The summed E-state index contributed by atoms with van der Waals surface area (Å²) in [4.78, 5) is 29.2. The number of rotatable bonds is 5. The van der Waals surface area contributed by atoms with Crippen molar-refractivity contribution >= 4 is 39.1 Å². The summed E-state index contributed by atoms with van der Waals surface area (Å²) in [6, 6.07) is 9.47. The molecular weight excluding hydrogens is 738 g/mol. The fourth-order valence-electron chi connectivity index (χ4n) is 8.01. The van der Waals surface area contributed by atoms with E-state index in [4.69, 9.17) is 25.8 Å². The van der Waals surface area contributed by atoms with Crippen molar-refractivity contribution in [3.05, 3.63) is 70.3 Å². The smallest absolute Gasteiger partial charge is 0.327 e. The van der Waals surface area contributed by atoms with Gasteiger partial charge < -0.3 is 24.4 Å². The molecule has 0 aromatic heterocycles. The zero-order valence-electron chi connectivity index (χ0n) is 32.3. The minimum atomic E-state index is -3.78. The predicted octanol–water partition coefficient (Wildman–Crippen LogP) is 7.82. The van der Waals surface area contributed by atoms with E-state index in [2.05, 4.69) is 39.2 Å². The van der Waals surface area contributed by atoms with Crippen LogP contribution in [0.4, 0.5) is 19.3 Å². The largest absolute Gasteiger partial charge is 0.490 e. The molecule has 6 rings (SSSR count). The second kappa shape index (κ2) is 17.7. The van der Waals surface area contributed by atoms with E-state index < -0.39 is 52.3 Å². The van der Waals surface area contributed by atoms with Crippen molar-refractivity contribution in [2.45, 2.75) is 90.4 Å². The molecule has 4 aliphatic rings. The fraction of sp³-hybridized carbons (Fsp3) is 0.600. The lowest BCUT2D eigenvalue weighted by molar-refractivity contribution is 0.0700. The van der Waals surface area contributed by atoms with Gasteiger partial charge >= 0.3 is 6.03 Å². The van der Waals surface area contributed by atoms with Crippen LogP contribution >= 0.6 is 11.6 Å². The number of carbonyl (C=O) groups excluding carboxylic acids is 2. The van der Waals surface area contributed by atoms with Gasteiger partial charge in [0.1, 0.15) is 15.7 Å². The van der Waals surface area contributed by atoms with Crippen molar-refractivity contribution in [1.29, 1.82) is 0 Å². The summed E-state index contributed by atoms with van der Waals surface area (Å²) in [5.74, 6) is -1.69. The van der Waals surface area contributed by atoms with Crippen LogP contribution in [0.1, 0.15) is 75.4 Å². The Morgan fingerprint density at radius 2 is 1.80 bits per heavy atom. The molecule has 9 atom stereocenters. The summed E-state index contributed by atoms with van der Waals surface area (Å²) in [6.45, 7) is 11.8. The van der Waals surface area contributed by atoms with Crippen LogP contribution in [-0.4, -0.2) is 80.5 Å². The molecule has 1 fully saturated rings. The summed E-state index contributed by atoms with van der Waals surface area (Å²) in [6.07, 6.45) is 3.29. The van der Waals surface area contributed by atoms with E-state index in [9.17, 15) is 22.6 Å². The first-order chi connectivity index (χ1) is 25.7. The summed E-state index contributed by atoms with van der Waals surface area (Å²) in [5, 5.41) is 3.16. The Morgan fingerprint density at radius 1 is 1.07 bits per heavy atom. The predicted molar refractivity (Wildman–Crippen MR) is 209 cm³/mol. The first-order valence-corrected chi connectivity index (χ1v) is 21.0. The summed E-state index contributed by atoms with van der Waals surface area (Å²) >= 11 is 6.43. The number of methoxy groups -OCH3 is 2. The van der Waals surface area contributed by atoms with Crippen LogP contribution in [0.5, 0.6) is 5.75 Å². The molecule has 1 spiro atoms. The number of hydrogen-bond acceptors (Lipinski definition) is 7. The highest BCUT2D eigenvalue weighted by molar-refractivity contribution is 7.92. The Kier molecular flexibility index (Phi) is 13.7. The van der Waals surface area contributed by atoms with E-state index in [1.54, 1.807) is 32.2 Å².